The Bertz CT molecular complexity index is 512. The molecule has 0 atom stereocenters. The van der Waals surface area contributed by atoms with Crippen LogP contribution in [-0.4, -0.2) is 37.9 Å². The largest absolute Gasteiger partial charge is 0.475 e. The van der Waals surface area contributed by atoms with Crippen LogP contribution in [-0.2, 0) is 4.74 Å². The molecular formula is C18H30N4O2. The number of nitrogen functional groups attached to an aromatic ring is 1. The van der Waals surface area contributed by atoms with E-state index in [2.05, 4.69) is 23.7 Å². The van der Waals surface area contributed by atoms with E-state index < -0.39 is 0 Å². The van der Waals surface area contributed by atoms with Crippen LogP contribution in [0.3, 0.4) is 0 Å². The van der Waals surface area contributed by atoms with Crippen LogP contribution in [0.15, 0.2) is 36.6 Å². The third kappa shape index (κ3) is 7.87. The minimum Gasteiger partial charge on any atom is -0.475 e. The smallest absolute Gasteiger partial charge is 0.217 e. The molecule has 0 fully saturated rings. The van der Waals surface area contributed by atoms with E-state index in [-0.39, 0.29) is 0 Å². The molecule has 0 aliphatic heterocycles. The van der Waals surface area contributed by atoms with Crippen LogP contribution in [0.4, 0.5) is 11.5 Å². The van der Waals surface area contributed by atoms with Gasteiger partial charge in [-0.25, -0.2) is 0 Å². The standard InChI is InChI=1S/C18H30N4O2/c1-3-9-22(10-4-2)16-14-17(20)21-18(15-16)24-13-12-23-11-7-5-6-8-19/h5-8,14-15H,3-4,9-13,19H2,1-2H3,(H2,20,21)/b7-5-,8-6-. The summed E-state index contributed by atoms with van der Waals surface area (Å²) < 4.78 is 11.1. The highest BCUT2D eigenvalue weighted by Crippen LogP contribution is 2.23. The molecule has 6 nitrogen and oxygen atoms in total. The van der Waals surface area contributed by atoms with Gasteiger partial charge in [0, 0.05) is 30.9 Å². The quantitative estimate of drug-likeness (QED) is 0.451. The van der Waals surface area contributed by atoms with E-state index >= 15 is 0 Å². The molecule has 0 aliphatic rings. The molecule has 0 aromatic carbocycles. The molecular weight excluding hydrogens is 304 g/mol. The van der Waals surface area contributed by atoms with Gasteiger partial charge in [-0.3, -0.25) is 0 Å². The van der Waals surface area contributed by atoms with Crippen molar-refractivity contribution in [2.45, 2.75) is 26.7 Å². The molecule has 24 heavy (non-hydrogen) atoms. The second-order valence-electron chi connectivity index (χ2n) is 5.31. The lowest BCUT2D eigenvalue weighted by molar-refractivity contribution is 0.119. The van der Waals surface area contributed by atoms with Gasteiger partial charge >= 0.3 is 0 Å². The molecule has 0 unspecified atom stereocenters. The fourth-order valence-corrected chi connectivity index (χ4v) is 2.23. The summed E-state index contributed by atoms with van der Waals surface area (Å²) in [6, 6.07) is 3.83. The number of pyridine rings is 1. The first kappa shape index (κ1) is 19.8. The Morgan fingerprint density at radius 2 is 1.88 bits per heavy atom. The summed E-state index contributed by atoms with van der Waals surface area (Å²) in [6.45, 7) is 7.74. The van der Waals surface area contributed by atoms with Crippen molar-refractivity contribution >= 4 is 11.5 Å². The van der Waals surface area contributed by atoms with Crippen LogP contribution in [0.5, 0.6) is 5.88 Å². The number of aromatic nitrogens is 1. The summed E-state index contributed by atoms with van der Waals surface area (Å²) in [6.07, 6.45) is 9.11. The SMILES string of the molecule is CCCN(CCC)c1cc(N)nc(OCCOC/C=C\C=C/N)c1. The average Bonchev–Trinajstić information content (AvgIpc) is 2.56. The molecule has 1 rings (SSSR count). The van der Waals surface area contributed by atoms with Gasteiger partial charge in [0.05, 0.1) is 13.2 Å². The van der Waals surface area contributed by atoms with Crippen molar-refractivity contribution in [2.24, 2.45) is 5.73 Å². The van der Waals surface area contributed by atoms with Gasteiger partial charge < -0.3 is 25.8 Å². The summed E-state index contributed by atoms with van der Waals surface area (Å²) in [5, 5.41) is 0. The van der Waals surface area contributed by atoms with Crippen molar-refractivity contribution in [1.82, 2.24) is 4.98 Å². The van der Waals surface area contributed by atoms with Gasteiger partial charge in [-0.15, -0.1) is 0 Å². The number of anilines is 2. The van der Waals surface area contributed by atoms with Crippen molar-refractivity contribution in [1.29, 1.82) is 0 Å². The predicted octanol–water partition coefficient (Wildman–Crippen LogP) is 2.71. The Kier molecular flexibility index (Phi) is 10.1. The minimum absolute atomic E-state index is 0.429. The molecule has 0 bridgehead atoms. The highest BCUT2D eigenvalue weighted by Gasteiger charge is 2.08. The average molecular weight is 334 g/mol. The van der Waals surface area contributed by atoms with Crippen molar-refractivity contribution in [3.05, 3.63) is 36.6 Å². The molecule has 4 N–H and O–H groups in total. The van der Waals surface area contributed by atoms with E-state index in [0.717, 1.165) is 31.6 Å². The molecule has 1 aromatic heterocycles. The molecule has 1 heterocycles. The van der Waals surface area contributed by atoms with Crippen molar-refractivity contribution < 1.29 is 9.47 Å². The zero-order valence-corrected chi connectivity index (χ0v) is 14.8. The highest BCUT2D eigenvalue weighted by molar-refractivity contribution is 5.55. The van der Waals surface area contributed by atoms with Gasteiger partial charge in [0.15, 0.2) is 0 Å². The predicted molar refractivity (Wildman–Crippen MR) is 100 cm³/mol. The van der Waals surface area contributed by atoms with Crippen LogP contribution in [0.2, 0.25) is 0 Å². The van der Waals surface area contributed by atoms with Gasteiger partial charge in [-0.2, -0.15) is 4.98 Å². The second kappa shape index (κ2) is 12.2. The second-order valence-corrected chi connectivity index (χ2v) is 5.31. The van der Waals surface area contributed by atoms with E-state index in [4.69, 9.17) is 20.9 Å². The molecule has 0 amide bonds. The first-order valence-corrected chi connectivity index (χ1v) is 8.47. The highest BCUT2D eigenvalue weighted by atomic mass is 16.5. The maximum absolute atomic E-state index is 5.91. The summed E-state index contributed by atoms with van der Waals surface area (Å²) >= 11 is 0. The molecule has 0 saturated carbocycles. The van der Waals surface area contributed by atoms with Crippen molar-refractivity contribution in [2.75, 3.05) is 43.5 Å². The lowest BCUT2D eigenvalue weighted by atomic mass is 10.3. The molecule has 0 radical (unpaired) electrons. The van der Waals surface area contributed by atoms with Crippen LogP contribution >= 0.6 is 0 Å². The molecule has 134 valence electrons. The zero-order valence-electron chi connectivity index (χ0n) is 14.8. The van der Waals surface area contributed by atoms with Crippen LogP contribution in [0.25, 0.3) is 0 Å². The van der Waals surface area contributed by atoms with Crippen LogP contribution in [0.1, 0.15) is 26.7 Å². The Hall–Kier alpha value is -2.21. The molecule has 0 spiro atoms. The monoisotopic (exact) mass is 334 g/mol. The first-order chi connectivity index (χ1) is 11.7. The number of nitrogens with zero attached hydrogens (tertiary/aromatic N) is 2. The topological polar surface area (TPSA) is 86.6 Å². The Labute approximate surface area is 145 Å². The maximum atomic E-state index is 5.91. The molecule has 0 saturated heterocycles. The Balaban J connectivity index is 2.50. The van der Waals surface area contributed by atoms with Gasteiger partial charge in [0.25, 0.3) is 0 Å². The number of allylic oxidation sites excluding steroid dienone is 2. The van der Waals surface area contributed by atoms with Crippen LogP contribution < -0.4 is 21.1 Å². The first-order valence-electron chi connectivity index (χ1n) is 8.47. The van der Waals surface area contributed by atoms with E-state index in [1.165, 1.54) is 6.20 Å². The number of hydrogen-bond acceptors (Lipinski definition) is 6. The molecule has 1 aromatic rings. The van der Waals surface area contributed by atoms with Crippen molar-refractivity contribution in [3.63, 3.8) is 0 Å². The molecule has 6 heteroatoms. The Morgan fingerprint density at radius 3 is 2.54 bits per heavy atom. The lowest BCUT2D eigenvalue weighted by Crippen LogP contribution is -2.25. The summed E-state index contributed by atoms with van der Waals surface area (Å²) in [5.41, 5.74) is 12.2. The number of rotatable bonds is 12. The fourth-order valence-electron chi connectivity index (χ4n) is 2.23. The summed E-state index contributed by atoms with van der Waals surface area (Å²) in [7, 11) is 0. The minimum atomic E-state index is 0.429. The van der Waals surface area contributed by atoms with E-state index in [9.17, 15) is 0 Å². The zero-order chi connectivity index (χ0) is 17.6. The van der Waals surface area contributed by atoms with Crippen molar-refractivity contribution in [3.8, 4) is 5.88 Å². The molecule has 0 aliphatic carbocycles. The summed E-state index contributed by atoms with van der Waals surface area (Å²) in [5.74, 6) is 1.00. The maximum Gasteiger partial charge on any atom is 0.217 e. The van der Waals surface area contributed by atoms with Gasteiger partial charge in [0.2, 0.25) is 5.88 Å². The number of hydrogen-bond donors (Lipinski definition) is 2. The number of nitrogens with two attached hydrogens (primary N) is 2. The normalized spacial score (nSPS) is 11.4. The number of ether oxygens (including phenoxy) is 2. The van der Waals surface area contributed by atoms with E-state index in [1.807, 2.05) is 24.3 Å². The van der Waals surface area contributed by atoms with E-state index in [0.29, 0.717) is 31.5 Å². The van der Waals surface area contributed by atoms with E-state index in [1.54, 1.807) is 6.08 Å². The summed E-state index contributed by atoms with van der Waals surface area (Å²) in [4.78, 5) is 6.53. The van der Waals surface area contributed by atoms with Crippen LogP contribution in [0, 0.1) is 0 Å². The van der Waals surface area contributed by atoms with Gasteiger partial charge in [-0.1, -0.05) is 26.0 Å². The Morgan fingerprint density at radius 1 is 1.12 bits per heavy atom. The van der Waals surface area contributed by atoms with Gasteiger partial charge in [-0.05, 0) is 25.1 Å². The fraction of sp³-hybridized carbons (Fsp3) is 0.500. The third-order valence-electron chi connectivity index (χ3n) is 3.21. The van der Waals surface area contributed by atoms with Gasteiger partial charge in [0.1, 0.15) is 12.4 Å². The lowest BCUT2D eigenvalue weighted by Gasteiger charge is -2.24. The third-order valence-corrected chi connectivity index (χ3v) is 3.21.